The zero-order valence-electron chi connectivity index (χ0n) is 10.8. The summed E-state index contributed by atoms with van der Waals surface area (Å²) in [6.45, 7) is 6.04. The van der Waals surface area contributed by atoms with E-state index in [0.29, 0.717) is 26.2 Å². The fourth-order valence-corrected chi connectivity index (χ4v) is 1.91. The zero-order chi connectivity index (χ0) is 12.7. The van der Waals surface area contributed by atoms with Gasteiger partial charge in [-0.05, 0) is 26.7 Å². The molecule has 1 heterocycles. The monoisotopic (exact) mass is 244 g/mol. The summed E-state index contributed by atoms with van der Waals surface area (Å²) in [6, 6.07) is 0.170. The summed E-state index contributed by atoms with van der Waals surface area (Å²) in [5.41, 5.74) is 5.35. The van der Waals surface area contributed by atoms with E-state index >= 15 is 0 Å². The fourth-order valence-electron chi connectivity index (χ4n) is 1.91. The molecule has 0 aromatic rings. The van der Waals surface area contributed by atoms with Crippen LogP contribution in [0.1, 0.15) is 33.1 Å². The molecule has 1 fully saturated rings. The molecule has 1 atom stereocenters. The van der Waals surface area contributed by atoms with Crippen molar-refractivity contribution in [2.45, 2.75) is 44.8 Å². The molecule has 0 bridgehead atoms. The molecule has 1 saturated heterocycles. The van der Waals surface area contributed by atoms with E-state index in [1.807, 2.05) is 13.8 Å². The van der Waals surface area contributed by atoms with Crippen molar-refractivity contribution in [1.82, 2.24) is 5.32 Å². The summed E-state index contributed by atoms with van der Waals surface area (Å²) in [6.07, 6.45) is 2.25. The van der Waals surface area contributed by atoms with Crippen LogP contribution in [0.25, 0.3) is 0 Å². The molecular formula is C12H24N2O3. The first-order chi connectivity index (χ1) is 8.08. The minimum absolute atomic E-state index is 0.0175. The molecule has 5 heteroatoms. The zero-order valence-corrected chi connectivity index (χ0v) is 10.8. The van der Waals surface area contributed by atoms with Gasteiger partial charge >= 0.3 is 0 Å². The van der Waals surface area contributed by atoms with Crippen molar-refractivity contribution in [2.24, 2.45) is 5.73 Å². The van der Waals surface area contributed by atoms with Gasteiger partial charge in [0.05, 0.1) is 13.2 Å². The van der Waals surface area contributed by atoms with Crippen molar-refractivity contribution in [3.63, 3.8) is 0 Å². The molecule has 3 N–H and O–H groups in total. The minimum atomic E-state index is -0.379. The van der Waals surface area contributed by atoms with Gasteiger partial charge in [0.15, 0.2) is 0 Å². The fraction of sp³-hybridized carbons (Fsp3) is 0.917. The summed E-state index contributed by atoms with van der Waals surface area (Å²) in [4.78, 5) is 11.4. The van der Waals surface area contributed by atoms with Crippen molar-refractivity contribution in [3.05, 3.63) is 0 Å². The van der Waals surface area contributed by atoms with Gasteiger partial charge in [-0.25, -0.2) is 0 Å². The molecule has 17 heavy (non-hydrogen) atoms. The van der Waals surface area contributed by atoms with Crippen LogP contribution in [0.4, 0.5) is 0 Å². The minimum Gasteiger partial charge on any atom is -0.378 e. The summed E-state index contributed by atoms with van der Waals surface area (Å²) in [5, 5.41) is 2.83. The molecule has 1 rings (SSSR count). The van der Waals surface area contributed by atoms with Crippen LogP contribution in [-0.2, 0) is 14.3 Å². The van der Waals surface area contributed by atoms with Crippen LogP contribution in [-0.4, -0.2) is 43.9 Å². The second-order valence-corrected chi connectivity index (χ2v) is 4.86. The second-order valence-electron chi connectivity index (χ2n) is 4.86. The standard InChI is InChI=1S/C12H24N2O3/c1-10(2)14-11(15)4-7-17-12(8-13)5-3-6-16-9-12/h10H,3-9,13H2,1-2H3,(H,14,15). The Morgan fingerprint density at radius 2 is 2.35 bits per heavy atom. The van der Waals surface area contributed by atoms with Crippen LogP contribution in [0.3, 0.4) is 0 Å². The number of amides is 1. The summed E-state index contributed by atoms with van der Waals surface area (Å²) in [5.74, 6) is 0.0175. The van der Waals surface area contributed by atoms with Crippen LogP contribution in [0.5, 0.6) is 0 Å². The predicted molar refractivity (Wildman–Crippen MR) is 65.7 cm³/mol. The third-order valence-electron chi connectivity index (χ3n) is 2.85. The molecule has 5 nitrogen and oxygen atoms in total. The Morgan fingerprint density at radius 1 is 1.59 bits per heavy atom. The molecule has 0 saturated carbocycles. The topological polar surface area (TPSA) is 73.6 Å². The van der Waals surface area contributed by atoms with Crippen molar-refractivity contribution < 1.29 is 14.3 Å². The molecule has 1 aliphatic rings. The lowest BCUT2D eigenvalue weighted by atomic mass is 9.96. The lowest BCUT2D eigenvalue weighted by Crippen LogP contribution is -2.48. The Morgan fingerprint density at radius 3 is 2.88 bits per heavy atom. The van der Waals surface area contributed by atoms with Crippen molar-refractivity contribution in [2.75, 3.05) is 26.4 Å². The molecule has 1 aliphatic heterocycles. The normalized spacial score (nSPS) is 24.9. The van der Waals surface area contributed by atoms with E-state index in [1.54, 1.807) is 0 Å². The highest BCUT2D eigenvalue weighted by Gasteiger charge is 2.32. The van der Waals surface area contributed by atoms with E-state index in [-0.39, 0.29) is 17.6 Å². The lowest BCUT2D eigenvalue weighted by molar-refractivity contribution is -0.135. The van der Waals surface area contributed by atoms with Crippen molar-refractivity contribution >= 4 is 5.91 Å². The van der Waals surface area contributed by atoms with Crippen LogP contribution in [0.2, 0.25) is 0 Å². The van der Waals surface area contributed by atoms with Gasteiger partial charge in [-0.3, -0.25) is 4.79 Å². The van der Waals surface area contributed by atoms with E-state index in [4.69, 9.17) is 15.2 Å². The van der Waals surface area contributed by atoms with Gasteiger partial charge in [0.2, 0.25) is 5.91 Å². The third kappa shape index (κ3) is 5.02. The van der Waals surface area contributed by atoms with Gasteiger partial charge in [-0.15, -0.1) is 0 Å². The Kier molecular flexibility index (Phi) is 5.88. The van der Waals surface area contributed by atoms with Crippen molar-refractivity contribution in [1.29, 1.82) is 0 Å². The van der Waals surface area contributed by atoms with Gasteiger partial charge in [0.1, 0.15) is 5.60 Å². The molecule has 1 amide bonds. The van der Waals surface area contributed by atoms with Crippen LogP contribution < -0.4 is 11.1 Å². The molecular weight excluding hydrogens is 220 g/mol. The van der Waals surface area contributed by atoms with Gasteiger partial charge in [0, 0.05) is 25.6 Å². The van der Waals surface area contributed by atoms with Gasteiger partial charge < -0.3 is 20.5 Å². The van der Waals surface area contributed by atoms with Crippen LogP contribution >= 0.6 is 0 Å². The Bertz CT molecular complexity index is 238. The maximum atomic E-state index is 11.4. The quantitative estimate of drug-likeness (QED) is 0.710. The predicted octanol–water partition coefficient (Wildman–Crippen LogP) is 0.426. The van der Waals surface area contributed by atoms with Crippen molar-refractivity contribution in [3.8, 4) is 0 Å². The highest BCUT2D eigenvalue weighted by molar-refractivity contribution is 5.76. The first-order valence-corrected chi connectivity index (χ1v) is 6.29. The summed E-state index contributed by atoms with van der Waals surface area (Å²) in [7, 11) is 0. The Hall–Kier alpha value is -0.650. The average molecular weight is 244 g/mol. The molecule has 100 valence electrons. The van der Waals surface area contributed by atoms with E-state index in [9.17, 15) is 4.79 Å². The first kappa shape index (κ1) is 14.4. The lowest BCUT2D eigenvalue weighted by Gasteiger charge is -2.35. The SMILES string of the molecule is CC(C)NC(=O)CCOC1(CN)CCCOC1. The largest absolute Gasteiger partial charge is 0.378 e. The van der Waals surface area contributed by atoms with Crippen LogP contribution in [0, 0.1) is 0 Å². The maximum Gasteiger partial charge on any atom is 0.222 e. The van der Waals surface area contributed by atoms with E-state index in [0.717, 1.165) is 19.4 Å². The number of nitrogens with two attached hydrogens (primary N) is 1. The Balaban J connectivity index is 2.25. The number of hydrogen-bond acceptors (Lipinski definition) is 4. The second kappa shape index (κ2) is 6.93. The van der Waals surface area contributed by atoms with E-state index in [1.165, 1.54) is 0 Å². The number of carbonyl (C=O) groups is 1. The third-order valence-corrected chi connectivity index (χ3v) is 2.85. The summed E-state index contributed by atoms with van der Waals surface area (Å²) >= 11 is 0. The highest BCUT2D eigenvalue weighted by Crippen LogP contribution is 2.22. The number of ether oxygens (including phenoxy) is 2. The maximum absolute atomic E-state index is 11.4. The summed E-state index contributed by atoms with van der Waals surface area (Å²) < 4.78 is 11.2. The van der Waals surface area contributed by atoms with E-state index in [2.05, 4.69) is 5.32 Å². The van der Waals surface area contributed by atoms with Gasteiger partial charge in [-0.1, -0.05) is 0 Å². The molecule has 0 aromatic heterocycles. The van der Waals surface area contributed by atoms with Crippen LogP contribution in [0.15, 0.2) is 0 Å². The number of nitrogens with one attached hydrogen (secondary N) is 1. The van der Waals surface area contributed by atoms with E-state index < -0.39 is 0 Å². The number of rotatable bonds is 6. The molecule has 0 radical (unpaired) electrons. The van der Waals surface area contributed by atoms with Gasteiger partial charge in [0.25, 0.3) is 0 Å². The molecule has 0 spiro atoms. The number of carbonyl (C=O) groups excluding carboxylic acids is 1. The average Bonchev–Trinajstić information content (AvgIpc) is 2.29. The molecule has 0 aromatic carbocycles. The number of hydrogen-bond donors (Lipinski definition) is 2. The van der Waals surface area contributed by atoms with Gasteiger partial charge in [-0.2, -0.15) is 0 Å². The molecule has 0 aliphatic carbocycles. The molecule has 1 unspecified atom stereocenters. The Labute approximate surface area is 103 Å². The smallest absolute Gasteiger partial charge is 0.222 e. The highest BCUT2D eigenvalue weighted by atomic mass is 16.5. The first-order valence-electron chi connectivity index (χ1n) is 6.29.